The fraction of sp³-hybridized carbons (Fsp3) is 0.417. The maximum absolute atomic E-state index is 11.2. The Morgan fingerprint density at radius 1 is 1.56 bits per heavy atom. The third-order valence-corrected chi connectivity index (χ3v) is 3.43. The first-order chi connectivity index (χ1) is 8.78. The molecule has 6 heteroatoms. The van der Waals surface area contributed by atoms with Crippen molar-refractivity contribution in [3.63, 3.8) is 0 Å². The predicted molar refractivity (Wildman–Crippen MR) is 68.2 cm³/mol. The third kappa shape index (κ3) is 1.95. The van der Waals surface area contributed by atoms with Gasteiger partial charge in [-0.3, -0.25) is 4.79 Å². The zero-order valence-corrected chi connectivity index (χ0v) is 10.5. The minimum atomic E-state index is 0.116. The second-order valence-electron chi connectivity index (χ2n) is 4.42. The van der Waals surface area contributed by atoms with Crippen molar-refractivity contribution in [1.82, 2.24) is 19.9 Å². The van der Waals surface area contributed by atoms with E-state index < -0.39 is 0 Å². The number of pyridine rings is 1. The van der Waals surface area contributed by atoms with Crippen molar-refractivity contribution in [2.24, 2.45) is 0 Å². The van der Waals surface area contributed by atoms with E-state index in [0.29, 0.717) is 18.8 Å². The molecule has 2 aromatic rings. The molecule has 1 fully saturated rings. The average molecular weight is 265 g/mol. The van der Waals surface area contributed by atoms with Crippen LogP contribution in [0.2, 0.25) is 0 Å². The number of hydrogen-bond acceptors (Lipinski definition) is 3. The van der Waals surface area contributed by atoms with Crippen LogP contribution in [-0.4, -0.2) is 26.5 Å². The zero-order valence-electron chi connectivity index (χ0n) is 9.77. The van der Waals surface area contributed by atoms with Gasteiger partial charge in [0.05, 0.1) is 5.88 Å². The lowest BCUT2D eigenvalue weighted by atomic mass is 10.2. The van der Waals surface area contributed by atoms with Gasteiger partial charge in [0, 0.05) is 25.2 Å². The van der Waals surface area contributed by atoms with Gasteiger partial charge < -0.3 is 9.88 Å². The van der Waals surface area contributed by atoms with Gasteiger partial charge in [0.2, 0.25) is 5.91 Å². The van der Waals surface area contributed by atoms with Gasteiger partial charge in [-0.25, -0.2) is 9.97 Å². The molecule has 1 N–H and O–H groups in total. The van der Waals surface area contributed by atoms with Gasteiger partial charge in [0.1, 0.15) is 11.3 Å². The third-order valence-electron chi connectivity index (χ3n) is 3.19. The SMILES string of the molecule is O=C1CCC(Cn2c(CCl)nc3cccnc32)N1. The largest absolute Gasteiger partial charge is 0.352 e. The maximum atomic E-state index is 11.2. The second-order valence-corrected chi connectivity index (χ2v) is 4.69. The molecule has 1 aliphatic rings. The molecule has 0 bridgehead atoms. The van der Waals surface area contributed by atoms with Crippen molar-refractivity contribution < 1.29 is 4.79 Å². The molecule has 1 saturated heterocycles. The van der Waals surface area contributed by atoms with Crippen molar-refractivity contribution in [2.45, 2.75) is 31.3 Å². The standard InChI is InChI=1S/C12H13ClN4O/c13-6-10-16-9-2-1-5-14-12(9)17(10)7-8-3-4-11(18)15-8/h1-2,5,8H,3-4,6-7H2,(H,15,18). The second kappa shape index (κ2) is 4.57. The first-order valence-corrected chi connectivity index (χ1v) is 6.47. The van der Waals surface area contributed by atoms with Crippen LogP contribution in [0.25, 0.3) is 11.2 Å². The van der Waals surface area contributed by atoms with Crippen LogP contribution in [0.3, 0.4) is 0 Å². The van der Waals surface area contributed by atoms with Gasteiger partial charge in [0.25, 0.3) is 0 Å². The topological polar surface area (TPSA) is 59.8 Å². The number of amides is 1. The molecule has 0 spiro atoms. The molecule has 1 aliphatic heterocycles. The van der Waals surface area contributed by atoms with Crippen molar-refractivity contribution >= 4 is 28.7 Å². The van der Waals surface area contributed by atoms with Crippen LogP contribution < -0.4 is 5.32 Å². The van der Waals surface area contributed by atoms with Gasteiger partial charge >= 0.3 is 0 Å². The number of fused-ring (bicyclic) bond motifs is 1. The van der Waals surface area contributed by atoms with Crippen LogP contribution in [0, 0.1) is 0 Å². The molecule has 1 amide bonds. The van der Waals surface area contributed by atoms with Crippen LogP contribution in [0.4, 0.5) is 0 Å². The molecule has 5 nitrogen and oxygen atoms in total. The number of halogens is 1. The van der Waals surface area contributed by atoms with Crippen LogP contribution in [0.15, 0.2) is 18.3 Å². The van der Waals surface area contributed by atoms with Crippen LogP contribution in [0.1, 0.15) is 18.7 Å². The number of hydrogen-bond donors (Lipinski definition) is 1. The van der Waals surface area contributed by atoms with E-state index in [9.17, 15) is 4.79 Å². The summed E-state index contributed by atoms with van der Waals surface area (Å²) < 4.78 is 2.00. The molecule has 0 saturated carbocycles. The molecular formula is C12H13ClN4O. The van der Waals surface area contributed by atoms with Crippen LogP contribution >= 0.6 is 11.6 Å². The maximum Gasteiger partial charge on any atom is 0.220 e. The normalized spacial score (nSPS) is 19.4. The van der Waals surface area contributed by atoms with E-state index in [0.717, 1.165) is 23.4 Å². The molecule has 3 rings (SSSR count). The molecule has 0 radical (unpaired) electrons. The minimum absolute atomic E-state index is 0.116. The summed E-state index contributed by atoms with van der Waals surface area (Å²) in [6, 6.07) is 3.93. The Morgan fingerprint density at radius 2 is 2.44 bits per heavy atom. The van der Waals surface area contributed by atoms with E-state index >= 15 is 0 Å². The summed E-state index contributed by atoms with van der Waals surface area (Å²) in [5.41, 5.74) is 1.67. The van der Waals surface area contributed by atoms with E-state index in [2.05, 4.69) is 15.3 Å². The molecular weight excluding hydrogens is 252 g/mol. The Kier molecular flexibility index (Phi) is 2.91. The highest BCUT2D eigenvalue weighted by atomic mass is 35.5. The number of aromatic nitrogens is 3. The molecule has 94 valence electrons. The van der Waals surface area contributed by atoms with E-state index in [-0.39, 0.29) is 11.9 Å². The summed E-state index contributed by atoms with van der Waals surface area (Å²) in [5.74, 6) is 1.26. The molecule has 3 heterocycles. The van der Waals surface area contributed by atoms with Gasteiger partial charge in [0.15, 0.2) is 5.65 Å². The summed E-state index contributed by atoms with van der Waals surface area (Å²) in [6.45, 7) is 0.682. The van der Waals surface area contributed by atoms with E-state index in [1.807, 2.05) is 16.7 Å². The quantitative estimate of drug-likeness (QED) is 0.854. The zero-order chi connectivity index (χ0) is 12.5. The number of rotatable bonds is 3. The fourth-order valence-electron chi connectivity index (χ4n) is 2.33. The van der Waals surface area contributed by atoms with Gasteiger partial charge in [-0.05, 0) is 18.6 Å². The van der Waals surface area contributed by atoms with Gasteiger partial charge in [-0.2, -0.15) is 0 Å². The van der Waals surface area contributed by atoms with Crippen molar-refractivity contribution in [2.75, 3.05) is 0 Å². The van der Waals surface area contributed by atoms with Crippen molar-refractivity contribution in [3.05, 3.63) is 24.2 Å². The molecule has 1 unspecified atom stereocenters. The molecule has 0 aliphatic carbocycles. The minimum Gasteiger partial charge on any atom is -0.352 e. The molecule has 0 aromatic carbocycles. The number of imidazole rings is 1. The van der Waals surface area contributed by atoms with Crippen molar-refractivity contribution in [3.8, 4) is 0 Å². The molecule has 18 heavy (non-hydrogen) atoms. The number of nitrogens with zero attached hydrogens (tertiary/aromatic N) is 3. The monoisotopic (exact) mass is 264 g/mol. The Hall–Kier alpha value is -1.62. The molecule has 1 atom stereocenters. The molecule has 2 aromatic heterocycles. The highest BCUT2D eigenvalue weighted by Gasteiger charge is 2.23. The Balaban J connectivity index is 1.96. The summed E-state index contributed by atoms with van der Waals surface area (Å²) in [5, 5.41) is 2.95. The fourth-order valence-corrected chi connectivity index (χ4v) is 2.54. The van der Waals surface area contributed by atoms with Gasteiger partial charge in [-0.1, -0.05) is 0 Å². The van der Waals surface area contributed by atoms with Crippen LogP contribution in [0.5, 0.6) is 0 Å². The number of nitrogens with one attached hydrogen (secondary N) is 1. The highest BCUT2D eigenvalue weighted by molar-refractivity contribution is 6.16. The van der Waals surface area contributed by atoms with E-state index in [1.165, 1.54) is 0 Å². The summed E-state index contributed by atoms with van der Waals surface area (Å²) in [6.07, 6.45) is 3.19. The average Bonchev–Trinajstić information content (AvgIpc) is 2.94. The summed E-state index contributed by atoms with van der Waals surface area (Å²) in [4.78, 5) is 20.0. The first kappa shape index (κ1) is 11.5. The Morgan fingerprint density at radius 3 is 3.17 bits per heavy atom. The van der Waals surface area contributed by atoms with E-state index in [1.54, 1.807) is 6.20 Å². The lowest BCUT2D eigenvalue weighted by Crippen LogP contribution is -2.30. The lowest BCUT2D eigenvalue weighted by molar-refractivity contribution is -0.119. The number of carbonyl (C=O) groups is 1. The predicted octanol–water partition coefficient (Wildman–Crippen LogP) is 1.45. The number of alkyl halides is 1. The van der Waals surface area contributed by atoms with Gasteiger partial charge in [-0.15, -0.1) is 11.6 Å². The number of carbonyl (C=O) groups excluding carboxylic acids is 1. The smallest absolute Gasteiger partial charge is 0.220 e. The lowest BCUT2D eigenvalue weighted by Gasteiger charge is -2.13. The summed E-state index contributed by atoms with van der Waals surface area (Å²) >= 11 is 5.92. The Labute approximate surface area is 109 Å². The van der Waals surface area contributed by atoms with Crippen LogP contribution in [-0.2, 0) is 17.2 Å². The summed E-state index contributed by atoms with van der Waals surface area (Å²) in [7, 11) is 0. The Bertz CT molecular complexity index is 595. The first-order valence-electron chi connectivity index (χ1n) is 5.93. The van der Waals surface area contributed by atoms with E-state index in [4.69, 9.17) is 11.6 Å². The van der Waals surface area contributed by atoms with Crippen molar-refractivity contribution in [1.29, 1.82) is 0 Å². The highest BCUT2D eigenvalue weighted by Crippen LogP contribution is 2.18.